The Bertz CT molecular complexity index is 1470. The third-order valence-corrected chi connectivity index (χ3v) is 8.01. The Morgan fingerprint density at radius 2 is 1.76 bits per heavy atom. The Morgan fingerprint density at radius 3 is 2.42 bits per heavy atom. The molecule has 7 nitrogen and oxygen atoms in total. The van der Waals surface area contributed by atoms with Gasteiger partial charge in [-0.1, -0.05) is 41.9 Å². The third kappa shape index (κ3) is 5.15. The maximum atomic E-state index is 13.7. The molecule has 0 bridgehead atoms. The fourth-order valence-electron chi connectivity index (χ4n) is 4.72. The highest BCUT2D eigenvalue weighted by Crippen LogP contribution is 2.30. The molecule has 2 aromatic carbocycles. The summed E-state index contributed by atoms with van der Waals surface area (Å²) >= 11 is 4.94. The highest BCUT2D eigenvalue weighted by atomic mass is 79.9. The van der Waals surface area contributed by atoms with Gasteiger partial charge in [0, 0.05) is 46.7 Å². The van der Waals surface area contributed by atoms with E-state index in [0.29, 0.717) is 35.9 Å². The van der Waals surface area contributed by atoms with E-state index in [9.17, 15) is 14.0 Å². The highest BCUT2D eigenvalue weighted by Gasteiger charge is 2.33. The molecule has 0 radical (unpaired) electrons. The molecule has 1 fully saturated rings. The number of hydrogen-bond donors (Lipinski definition) is 0. The van der Waals surface area contributed by atoms with Gasteiger partial charge in [-0.15, -0.1) is 11.3 Å². The molecule has 1 aliphatic heterocycles. The minimum Gasteiger partial charge on any atom is -0.335 e. The molecule has 1 unspecified atom stereocenters. The molecule has 2 amide bonds. The molecule has 38 heavy (non-hydrogen) atoms. The molecular weight excluding hydrogens is 569 g/mol. The molecule has 0 N–H and O–H groups in total. The predicted octanol–water partition coefficient (Wildman–Crippen LogP) is 6.01. The Labute approximate surface area is 233 Å². The third-order valence-electron chi connectivity index (χ3n) is 6.66. The van der Waals surface area contributed by atoms with E-state index in [4.69, 9.17) is 4.98 Å². The van der Waals surface area contributed by atoms with Gasteiger partial charge >= 0.3 is 0 Å². The highest BCUT2D eigenvalue weighted by molar-refractivity contribution is 9.10. The van der Waals surface area contributed by atoms with Crippen LogP contribution in [-0.2, 0) is 0 Å². The molecule has 196 valence electrons. The van der Waals surface area contributed by atoms with E-state index in [-0.39, 0.29) is 29.6 Å². The zero-order valence-electron chi connectivity index (χ0n) is 21.3. The summed E-state index contributed by atoms with van der Waals surface area (Å²) < 4.78 is 16.1. The predicted molar refractivity (Wildman–Crippen MR) is 149 cm³/mol. The van der Waals surface area contributed by atoms with Crippen LogP contribution >= 0.6 is 27.3 Å². The lowest BCUT2D eigenvalue weighted by Gasteiger charge is -2.40. The van der Waals surface area contributed by atoms with E-state index < -0.39 is 0 Å². The average molecular weight is 597 g/mol. The number of benzene rings is 2. The number of hydrogen-bond acceptors (Lipinski definition) is 5. The summed E-state index contributed by atoms with van der Waals surface area (Å²) in [5.41, 5.74) is 3.65. The molecule has 4 aromatic rings. The van der Waals surface area contributed by atoms with Crippen LogP contribution < -0.4 is 0 Å². The number of rotatable bonds is 5. The molecule has 1 saturated heterocycles. The summed E-state index contributed by atoms with van der Waals surface area (Å²) in [7, 11) is 0. The minimum atomic E-state index is -0.381. The second-order valence-corrected chi connectivity index (χ2v) is 11.4. The molecule has 3 heterocycles. The first kappa shape index (κ1) is 26.2. The van der Waals surface area contributed by atoms with Crippen LogP contribution in [0.5, 0.6) is 0 Å². The van der Waals surface area contributed by atoms with Gasteiger partial charge in [-0.05, 0) is 49.2 Å². The lowest BCUT2D eigenvalue weighted by Crippen LogP contribution is -2.55. The van der Waals surface area contributed by atoms with Crippen molar-refractivity contribution >= 4 is 39.1 Å². The number of carbonyl (C=O) groups excluding carboxylic acids is 2. The lowest BCUT2D eigenvalue weighted by atomic mass is 10.0. The van der Waals surface area contributed by atoms with Crippen LogP contribution in [0.4, 0.5) is 4.39 Å². The number of carbonyl (C=O) groups is 2. The van der Waals surface area contributed by atoms with Gasteiger partial charge in [0.05, 0.1) is 23.1 Å². The van der Waals surface area contributed by atoms with Crippen LogP contribution in [-0.4, -0.2) is 62.1 Å². The first-order valence-electron chi connectivity index (χ1n) is 12.4. The Hall–Kier alpha value is -3.37. The van der Waals surface area contributed by atoms with Gasteiger partial charge in [0.25, 0.3) is 11.8 Å². The molecule has 2 aromatic heterocycles. The van der Waals surface area contributed by atoms with Crippen LogP contribution in [0.1, 0.15) is 53.1 Å². The number of halogens is 2. The first-order chi connectivity index (χ1) is 18.2. The second-order valence-electron chi connectivity index (χ2n) is 9.64. The quantitative estimate of drug-likeness (QED) is 0.283. The van der Waals surface area contributed by atoms with E-state index in [1.54, 1.807) is 20.7 Å². The van der Waals surface area contributed by atoms with Crippen molar-refractivity contribution < 1.29 is 14.0 Å². The van der Waals surface area contributed by atoms with Gasteiger partial charge in [-0.3, -0.25) is 9.59 Å². The molecule has 0 aliphatic carbocycles. The summed E-state index contributed by atoms with van der Waals surface area (Å²) in [6, 6.07) is 13.3. The Balaban J connectivity index is 1.35. The van der Waals surface area contributed by atoms with Gasteiger partial charge in [-0.2, -0.15) is 5.10 Å². The Morgan fingerprint density at radius 1 is 1.05 bits per heavy atom. The fraction of sp³-hybridized carbons (Fsp3) is 0.286. The van der Waals surface area contributed by atoms with Gasteiger partial charge in [0.15, 0.2) is 0 Å². The summed E-state index contributed by atoms with van der Waals surface area (Å²) in [4.78, 5) is 34.9. The first-order valence-corrected chi connectivity index (χ1v) is 14.1. The standard InChI is InChI=1S/C28H27BrFN5O2S/c1-17(2)25-23(14-31-35(25)28-32-24(16-38-28)19-4-8-21(29)9-5-19)27(37)33-12-13-34(18(3)15-33)26(36)20-6-10-22(30)11-7-20/h4-11,14,16-18H,12-13,15H2,1-3H3. The summed E-state index contributed by atoms with van der Waals surface area (Å²) in [5, 5.41) is 7.26. The van der Waals surface area contributed by atoms with Crippen molar-refractivity contribution in [1.82, 2.24) is 24.6 Å². The van der Waals surface area contributed by atoms with E-state index in [2.05, 4.69) is 21.0 Å². The zero-order chi connectivity index (χ0) is 27.0. The maximum absolute atomic E-state index is 13.7. The fourth-order valence-corrected chi connectivity index (χ4v) is 5.78. The number of aromatic nitrogens is 3. The van der Waals surface area contributed by atoms with Crippen molar-refractivity contribution in [3.63, 3.8) is 0 Å². The smallest absolute Gasteiger partial charge is 0.257 e. The van der Waals surface area contributed by atoms with Crippen molar-refractivity contribution in [3.8, 4) is 16.4 Å². The van der Waals surface area contributed by atoms with Crippen molar-refractivity contribution in [1.29, 1.82) is 0 Å². The molecule has 0 saturated carbocycles. The molecule has 5 rings (SSSR count). The second kappa shape index (κ2) is 10.8. The molecule has 1 atom stereocenters. The maximum Gasteiger partial charge on any atom is 0.257 e. The van der Waals surface area contributed by atoms with Crippen molar-refractivity contribution in [2.45, 2.75) is 32.7 Å². The van der Waals surface area contributed by atoms with E-state index in [0.717, 1.165) is 21.4 Å². The van der Waals surface area contributed by atoms with Gasteiger partial charge in [0.2, 0.25) is 5.13 Å². The average Bonchev–Trinajstić information content (AvgIpc) is 3.56. The molecule has 10 heteroatoms. The van der Waals surface area contributed by atoms with Crippen LogP contribution in [0.15, 0.2) is 64.6 Å². The van der Waals surface area contributed by atoms with Crippen LogP contribution in [0.25, 0.3) is 16.4 Å². The topological polar surface area (TPSA) is 71.3 Å². The minimum absolute atomic E-state index is 0.0373. The number of nitrogens with zero attached hydrogens (tertiary/aromatic N) is 5. The van der Waals surface area contributed by atoms with Gasteiger partial charge in [-0.25, -0.2) is 14.1 Å². The zero-order valence-corrected chi connectivity index (χ0v) is 23.7. The SMILES string of the molecule is CC(C)c1c(C(=O)N2CCN(C(=O)c3ccc(F)cc3)C(C)C2)cnn1-c1nc(-c2ccc(Br)cc2)cs1. The van der Waals surface area contributed by atoms with Crippen molar-refractivity contribution in [2.24, 2.45) is 0 Å². The largest absolute Gasteiger partial charge is 0.335 e. The van der Waals surface area contributed by atoms with Crippen LogP contribution in [0.2, 0.25) is 0 Å². The van der Waals surface area contributed by atoms with Crippen LogP contribution in [0.3, 0.4) is 0 Å². The van der Waals surface area contributed by atoms with Crippen molar-refractivity contribution in [3.05, 3.63) is 87.2 Å². The summed E-state index contributed by atoms with van der Waals surface area (Å²) in [6.07, 6.45) is 1.62. The van der Waals surface area contributed by atoms with Crippen molar-refractivity contribution in [2.75, 3.05) is 19.6 Å². The molecule has 0 spiro atoms. The van der Waals surface area contributed by atoms with Gasteiger partial charge in [0.1, 0.15) is 5.82 Å². The lowest BCUT2D eigenvalue weighted by molar-refractivity contribution is 0.0413. The molecule has 1 aliphatic rings. The normalized spacial score (nSPS) is 15.8. The van der Waals surface area contributed by atoms with Gasteiger partial charge < -0.3 is 9.80 Å². The monoisotopic (exact) mass is 595 g/mol. The van der Waals surface area contributed by atoms with E-state index in [1.165, 1.54) is 35.6 Å². The summed E-state index contributed by atoms with van der Waals surface area (Å²) in [5.74, 6) is -0.611. The molecular formula is C28H27BrFN5O2S. The number of thiazole rings is 1. The summed E-state index contributed by atoms with van der Waals surface area (Å²) in [6.45, 7) is 7.21. The number of piperazine rings is 1. The van der Waals surface area contributed by atoms with E-state index in [1.807, 2.05) is 50.4 Å². The van der Waals surface area contributed by atoms with E-state index >= 15 is 0 Å². The Kier molecular flexibility index (Phi) is 7.45. The van der Waals surface area contributed by atoms with Crippen LogP contribution in [0, 0.1) is 5.82 Å². The number of amides is 2.